The van der Waals surface area contributed by atoms with Crippen molar-refractivity contribution in [2.24, 2.45) is 5.92 Å². The molecule has 0 N–H and O–H groups in total. The van der Waals surface area contributed by atoms with Gasteiger partial charge in [0, 0.05) is 6.42 Å². The number of carbonyl (C=O) groups is 1. The van der Waals surface area contributed by atoms with Crippen LogP contribution in [0.4, 0.5) is 0 Å². The summed E-state index contributed by atoms with van der Waals surface area (Å²) in [5, 5.41) is 0. The van der Waals surface area contributed by atoms with E-state index >= 15 is 0 Å². The highest BCUT2D eigenvalue weighted by molar-refractivity contribution is 5.75. The van der Waals surface area contributed by atoms with Gasteiger partial charge in [-0.1, -0.05) is 48.9 Å². The van der Waals surface area contributed by atoms with Gasteiger partial charge in [0.15, 0.2) is 0 Å². The third-order valence-electron chi connectivity index (χ3n) is 4.96. The molecule has 0 aliphatic heterocycles. The Hall–Kier alpha value is -2.09. The lowest BCUT2D eigenvalue weighted by Crippen LogP contribution is -2.16. The van der Waals surface area contributed by atoms with E-state index < -0.39 is 0 Å². The molecule has 2 heteroatoms. The molecule has 0 spiro atoms. The summed E-state index contributed by atoms with van der Waals surface area (Å²) < 4.78 is 5.86. The Bertz CT molecular complexity index is 645. The van der Waals surface area contributed by atoms with Crippen LogP contribution in [-0.4, -0.2) is 5.78 Å². The molecule has 2 unspecified atom stereocenters. The normalized spacial score (nSPS) is 20.5. The Morgan fingerprint density at radius 3 is 2.50 bits per heavy atom. The topological polar surface area (TPSA) is 26.3 Å². The summed E-state index contributed by atoms with van der Waals surface area (Å²) in [6, 6.07) is 18.8. The van der Waals surface area contributed by atoms with Gasteiger partial charge in [-0.15, -0.1) is 0 Å². The van der Waals surface area contributed by atoms with Crippen LogP contribution in [0.15, 0.2) is 54.6 Å². The summed E-state index contributed by atoms with van der Waals surface area (Å²) in [6.07, 6.45) is 5.56. The van der Waals surface area contributed by atoms with Gasteiger partial charge in [-0.2, -0.15) is 0 Å². The first kappa shape index (κ1) is 16.8. The SMILES string of the molecule is CC(=O)CC1CCCC(c2ccc(OCc3ccccc3)cc2)C1. The van der Waals surface area contributed by atoms with Gasteiger partial charge >= 0.3 is 0 Å². The van der Waals surface area contributed by atoms with Gasteiger partial charge in [-0.3, -0.25) is 0 Å². The molecule has 0 bridgehead atoms. The summed E-state index contributed by atoms with van der Waals surface area (Å²) in [7, 11) is 0. The maximum Gasteiger partial charge on any atom is 0.130 e. The molecule has 1 saturated carbocycles. The average molecular weight is 322 g/mol. The van der Waals surface area contributed by atoms with Crippen molar-refractivity contribution in [2.75, 3.05) is 0 Å². The zero-order chi connectivity index (χ0) is 16.8. The van der Waals surface area contributed by atoms with Gasteiger partial charge in [0.1, 0.15) is 18.1 Å². The maximum absolute atomic E-state index is 11.4. The Morgan fingerprint density at radius 2 is 1.79 bits per heavy atom. The predicted molar refractivity (Wildman–Crippen MR) is 97.2 cm³/mol. The van der Waals surface area contributed by atoms with E-state index in [0.717, 1.165) is 18.6 Å². The van der Waals surface area contributed by atoms with Gasteiger partial charge < -0.3 is 9.53 Å². The number of ether oxygens (including phenoxy) is 1. The van der Waals surface area contributed by atoms with E-state index in [9.17, 15) is 4.79 Å². The van der Waals surface area contributed by atoms with Crippen LogP contribution < -0.4 is 4.74 Å². The first-order chi connectivity index (χ1) is 11.7. The van der Waals surface area contributed by atoms with Gasteiger partial charge in [0.2, 0.25) is 0 Å². The van der Waals surface area contributed by atoms with E-state index in [1.165, 1.54) is 30.4 Å². The summed E-state index contributed by atoms with van der Waals surface area (Å²) >= 11 is 0. The lowest BCUT2D eigenvalue weighted by molar-refractivity contribution is -0.118. The Balaban J connectivity index is 1.56. The zero-order valence-electron chi connectivity index (χ0n) is 14.4. The highest BCUT2D eigenvalue weighted by Crippen LogP contribution is 2.38. The number of rotatable bonds is 6. The first-order valence-corrected chi connectivity index (χ1v) is 8.97. The quantitative estimate of drug-likeness (QED) is 0.700. The second-order valence-electron chi connectivity index (χ2n) is 6.98. The summed E-state index contributed by atoms with van der Waals surface area (Å²) in [5.41, 5.74) is 2.57. The van der Waals surface area contributed by atoms with Gasteiger partial charge in [0.25, 0.3) is 0 Å². The number of ketones is 1. The van der Waals surface area contributed by atoms with E-state index in [0.29, 0.717) is 24.2 Å². The molecular formula is C22H26O2. The Morgan fingerprint density at radius 1 is 1.04 bits per heavy atom. The fraction of sp³-hybridized carbons (Fsp3) is 0.409. The van der Waals surface area contributed by atoms with Gasteiger partial charge in [-0.25, -0.2) is 0 Å². The van der Waals surface area contributed by atoms with Crippen LogP contribution >= 0.6 is 0 Å². The number of carbonyl (C=O) groups excluding carboxylic acids is 1. The van der Waals surface area contributed by atoms with Crippen molar-refractivity contribution in [3.63, 3.8) is 0 Å². The highest BCUT2D eigenvalue weighted by Gasteiger charge is 2.24. The van der Waals surface area contributed by atoms with E-state index in [-0.39, 0.29) is 0 Å². The van der Waals surface area contributed by atoms with Crippen molar-refractivity contribution in [1.29, 1.82) is 0 Å². The number of benzene rings is 2. The molecule has 0 saturated heterocycles. The fourth-order valence-corrected chi connectivity index (χ4v) is 3.76. The molecule has 2 aromatic rings. The van der Waals surface area contributed by atoms with Crippen molar-refractivity contribution >= 4 is 5.78 Å². The van der Waals surface area contributed by atoms with Crippen LogP contribution in [0.2, 0.25) is 0 Å². The maximum atomic E-state index is 11.4. The molecule has 0 amide bonds. The number of hydrogen-bond donors (Lipinski definition) is 0. The smallest absolute Gasteiger partial charge is 0.130 e. The van der Waals surface area contributed by atoms with Crippen molar-refractivity contribution in [2.45, 2.75) is 51.6 Å². The van der Waals surface area contributed by atoms with Crippen LogP contribution in [-0.2, 0) is 11.4 Å². The molecule has 0 radical (unpaired) electrons. The molecule has 2 aromatic carbocycles. The fourth-order valence-electron chi connectivity index (χ4n) is 3.76. The minimum Gasteiger partial charge on any atom is -0.489 e. The van der Waals surface area contributed by atoms with Crippen molar-refractivity contribution in [3.05, 3.63) is 65.7 Å². The molecule has 0 aromatic heterocycles. The van der Waals surface area contributed by atoms with Gasteiger partial charge in [-0.05, 0) is 61.3 Å². The second kappa shape index (κ2) is 8.14. The minimum atomic E-state index is 0.324. The second-order valence-corrected chi connectivity index (χ2v) is 6.98. The summed E-state index contributed by atoms with van der Waals surface area (Å²) in [4.78, 5) is 11.4. The van der Waals surface area contributed by atoms with Crippen molar-refractivity contribution in [3.8, 4) is 5.75 Å². The van der Waals surface area contributed by atoms with Crippen LogP contribution in [0.5, 0.6) is 5.75 Å². The van der Waals surface area contributed by atoms with Crippen molar-refractivity contribution in [1.82, 2.24) is 0 Å². The monoisotopic (exact) mass is 322 g/mol. The molecule has 1 fully saturated rings. The van der Waals surface area contributed by atoms with Crippen LogP contribution in [0, 0.1) is 5.92 Å². The highest BCUT2D eigenvalue weighted by atomic mass is 16.5. The molecule has 126 valence electrons. The molecule has 2 atom stereocenters. The lowest BCUT2D eigenvalue weighted by Gasteiger charge is -2.29. The zero-order valence-corrected chi connectivity index (χ0v) is 14.4. The molecule has 1 aliphatic rings. The molecule has 1 aliphatic carbocycles. The molecule has 0 heterocycles. The number of hydrogen-bond acceptors (Lipinski definition) is 2. The third-order valence-corrected chi connectivity index (χ3v) is 4.96. The van der Waals surface area contributed by atoms with E-state index in [1.807, 2.05) is 18.2 Å². The largest absolute Gasteiger partial charge is 0.489 e. The summed E-state index contributed by atoms with van der Waals surface area (Å²) in [6.45, 7) is 2.31. The van der Waals surface area contributed by atoms with Gasteiger partial charge in [0.05, 0.1) is 0 Å². The minimum absolute atomic E-state index is 0.324. The number of Topliss-reactive ketones (excluding diaryl/α,β-unsaturated/α-hetero) is 1. The Labute approximate surface area is 144 Å². The van der Waals surface area contributed by atoms with E-state index in [1.54, 1.807) is 6.92 Å². The molecular weight excluding hydrogens is 296 g/mol. The predicted octanol–water partition coefficient (Wildman–Crippen LogP) is 5.52. The van der Waals surface area contributed by atoms with Crippen LogP contribution in [0.1, 0.15) is 56.1 Å². The molecule has 24 heavy (non-hydrogen) atoms. The molecule has 2 nitrogen and oxygen atoms in total. The van der Waals surface area contributed by atoms with Crippen molar-refractivity contribution < 1.29 is 9.53 Å². The third kappa shape index (κ3) is 4.70. The first-order valence-electron chi connectivity index (χ1n) is 8.97. The average Bonchev–Trinajstić information content (AvgIpc) is 2.61. The van der Waals surface area contributed by atoms with E-state index in [4.69, 9.17) is 4.74 Å². The summed E-state index contributed by atoms with van der Waals surface area (Å²) in [5.74, 6) is 2.39. The van der Waals surface area contributed by atoms with Crippen LogP contribution in [0.25, 0.3) is 0 Å². The standard InChI is InChI=1S/C22H26O2/c1-17(23)14-19-8-5-9-21(15-19)20-10-12-22(13-11-20)24-16-18-6-3-2-4-7-18/h2-4,6-7,10-13,19,21H,5,8-9,14-16H2,1H3. The Kier molecular flexibility index (Phi) is 5.68. The molecule has 3 rings (SSSR count). The van der Waals surface area contributed by atoms with Crippen LogP contribution in [0.3, 0.4) is 0 Å². The lowest BCUT2D eigenvalue weighted by atomic mass is 9.76. The van der Waals surface area contributed by atoms with E-state index in [2.05, 4.69) is 36.4 Å².